The maximum absolute atomic E-state index is 10.0. The first kappa shape index (κ1) is 14.4. The quantitative estimate of drug-likeness (QED) is 0.352. The highest BCUT2D eigenvalue weighted by Crippen LogP contribution is 2.14. The number of carbonyl (C=O) groups excluding carboxylic acids is 1. The minimum atomic E-state index is 0.0549. The van der Waals surface area contributed by atoms with Crippen molar-refractivity contribution in [3.8, 4) is 0 Å². The number of ether oxygens (including phenoxy) is 2. The Morgan fingerprint density at radius 3 is 2.82 bits per heavy atom. The van der Waals surface area contributed by atoms with Crippen molar-refractivity contribution in [2.45, 2.75) is 57.7 Å². The highest BCUT2D eigenvalue weighted by atomic mass is 16.7. The molecule has 0 aliphatic carbocycles. The van der Waals surface area contributed by atoms with Crippen LogP contribution in [-0.4, -0.2) is 25.8 Å². The molecule has 3 nitrogen and oxygen atoms in total. The fourth-order valence-electron chi connectivity index (χ4n) is 1.93. The number of aldehydes is 1. The van der Waals surface area contributed by atoms with Crippen molar-refractivity contribution < 1.29 is 14.3 Å². The smallest absolute Gasteiger partial charge is 0.157 e. The second-order valence-corrected chi connectivity index (χ2v) is 4.43. The van der Waals surface area contributed by atoms with E-state index in [9.17, 15) is 4.79 Å². The van der Waals surface area contributed by atoms with E-state index in [4.69, 9.17) is 9.47 Å². The lowest BCUT2D eigenvalue weighted by atomic mass is 10.1. The van der Waals surface area contributed by atoms with Gasteiger partial charge in [0.05, 0.1) is 0 Å². The Morgan fingerprint density at radius 1 is 1.18 bits per heavy atom. The van der Waals surface area contributed by atoms with Crippen LogP contribution in [0.15, 0.2) is 12.2 Å². The summed E-state index contributed by atoms with van der Waals surface area (Å²) in [6, 6.07) is 0. The third-order valence-corrected chi connectivity index (χ3v) is 2.92. The summed E-state index contributed by atoms with van der Waals surface area (Å²) in [4.78, 5) is 10.0. The number of unbranched alkanes of at least 4 members (excludes halogenated alkanes) is 4. The molecule has 0 amide bonds. The van der Waals surface area contributed by atoms with Crippen LogP contribution in [0.2, 0.25) is 0 Å². The Labute approximate surface area is 104 Å². The summed E-state index contributed by atoms with van der Waals surface area (Å²) < 4.78 is 11.1. The van der Waals surface area contributed by atoms with E-state index in [0.29, 0.717) is 0 Å². The minimum absolute atomic E-state index is 0.0549. The lowest BCUT2D eigenvalue weighted by molar-refractivity contribution is -0.162. The lowest BCUT2D eigenvalue weighted by Crippen LogP contribution is -2.22. The van der Waals surface area contributed by atoms with E-state index in [-0.39, 0.29) is 6.29 Å². The molecule has 1 aliphatic rings. The molecule has 1 fully saturated rings. The fourth-order valence-corrected chi connectivity index (χ4v) is 1.93. The van der Waals surface area contributed by atoms with Crippen LogP contribution in [-0.2, 0) is 14.3 Å². The molecule has 0 radical (unpaired) electrons. The maximum atomic E-state index is 10.0. The maximum Gasteiger partial charge on any atom is 0.157 e. The lowest BCUT2D eigenvalue weighted by Gasteiger charge is -2.22. The largest absolute Gasteiger partial charge is 0.353 e. The van der Waals surface area contributed by atoms with Gasteiger partial charge in [0.1, 0.15) is 6.29 Å². The Morgan fingerprint density at radius 2 is 2.06 bits per heavy atom. The topological polar surface area (TPSA) is 35.5 Å². The third kappa shape index (κ3) is 8.11. The molecule has 1 atom stereocenters. The van der Waals surface area contributed by atoms with Gasteiger partial charge in [0.2, 0.25) is 0 Å². The summed E-state index contributed by atoms with van der Waals surface area (Å²) in [7, 11) is 0. The Kier molecular flexibility index (Phi) is 8.87. The van der Waals surface area contributed by atoms with Crippen LogP contribution in [0.3, 0.4) is 0 Å². The van der Waals surface area contributed by atoms with Gasteiger partial charge in [0, 0.05) is 13.2 Å². The molecular weight excluding hydrogens is 216 g/mol. The summed E-state index contributed by atoms with van der Waals surface area (Å²) in [6.07, 6.45) is 13.5. The van der Waals surface area contributed by atoms with Gasteiger partial charge in [0.25, 0.3) is 0 Å². The van der Waals surface area contributed by atoms with Crippen molar-refractivity contribution in [2.75, 3.05) is 13.2 Å². The van der Waals surface area contributed by atoms with Gasteiger partial charge in [-0.3, -0.25) is 4.79 Å². The molecule has 17 heavy (non-hydrogen) atoms. The highest BCUT2D eigenvalue weighted by molar-refractivity contribution is 5.64. The molecule has 1 saturated heterocycles. The van der Waals surface area contributed by atoms with Crippen molar-refractivity contribution in [1.29, 1.82) is 0 Å². The van der Waals surface area contributed by atoms with Crippen molar-refractivity contribution in [3.05, 3.63) is 12.2 Å². The van der Waals surface area contributed by atoms with Gasteiger partial charge in [-0.25, -0.2) is 0 Å². The number of carbonyl (C=O) groups is 1. The van der Waals surface area contributed by atoms with E-state index in [1.165, 1.54) is 25.7 Å². The molecule has 1 heterocycles. The first-order valence-electron chi connectivity index (χ1n) is 6.77. The van der Waals surface area contributed by atoms with Crippen molar-refractivity contribution in [1.82, 2.24) is 0 Å². The molecule has 0 N–H and O–H groups in total. The Balaban J connectivity index is 1.80. The zero-order chi connectivity index (χ0) is 12.2. The number of hydrogen-bond acceptors (Lipinski definition) is 3. The molecule has 0 aromatic heterocycles. The van der Waals surface area contributed by atoms with Crippen molar-refractivity contribution in [2.24, 2.45) is 0 Å². The molecule has 0 spiro atoms. The normalized spacial score (nSPS) is 20.8. The van der Waals surface area contributed by atoms with Gasteiger partial charge in [-0.2, -0.15) is 0 Å². The van der Waals surface area contributed by atoms with Crippen molar-refractivity contribution >= 4 is 6.29 Å². The molecule has 0 saturated carbocycles. The summed E-state index contributed by atoms with van der Waals surface area (Å²) in [5, 5.41) is 0. The van der Waals surface area contributed by atoms with E-state index in [2.05, 4.69) is 0 Å². The predicted octanol–water partition coefficient (Wildman–Crippen LogP) is 3.24. The number of allylic oxidation sites excluding steroid dienone is 2. The predicted molar refractivity (Wildman–Crippen MR) is 67.8 cm³/mol. The van der Waals surface area contributed by atoms with Crippen LogP contribution < -0.4 is 0 Å². The average molecular weight is 240 g/mol. The van der Waals surface area contributed by atoms with Gasteiger partial charge in [-0.05, 0) is 44.6 Å². The van der Waals surface area contributed by atoms with Crippen LogP contribution in [0.5, 0.6) is 0 Å². The average Bonchev–Trinajstić information content (AvgIpc) is 2.38. The van der Waals surface area contributed by atoms with Gasteiger partial charge in [0.15, 0.2) is 6.29 Å². The number of rotatable bonds is 9. The van der Waals surface area contributed by atoms with E-state index in [0.717, 1.165) is 45.2 Å². The Hall–Kier alpha value is -0.670. The second-order valence-electron chi connectivity index (χ2n) is 4.43. The van der Waals surface area contributed by atoms with Gasteiger partial charge in [-0.15, -0.1) is 0 Å². The monoisotopic (exact) mass is 240 g/mol. The van der Waals surface area contributed by atoms with Gasteiger partial charge in [-0.1, -0.05) is 18.9 Å². The summed E-state index contributed by atoms with van der Waals surface area (Å²) in [5.41, 5.74) is 0. The van der Waals surface area contributed by atoms with Crippen LogP contribution in [0.25, 0.3) is 0 Å². The molecule has 0 aromatic rings. The van der Waals surface area contributed by atoms with Crippen LogP contribution in [0.4, 0.5) is 0 Å². The summed E-state index contributed by atoms with van der Waals surface area (Å²) >= 11 is 0. The van der Waals surface area contributed by atoms with Crippen LogP contribution in [0, 0.1) is 0 Å². The van der Waals surface area contributed by atoms with E-state index < -0.39 is 0 Å². The molecule has 1 aliphatic heterocycles. The molecule has 98 valence electrons. The van der Waals surface area contributed by atoms with E-state index in [1.807, 2.05) is 6.08 Å². The summed E-state index contributed by atoms with van der Waals surface area (Å²) in [5.74, 6) is 0. The highest BCUT2D eigenvalue weighted by Gasteiger charge is 2.12. The minimum Gasteiger partial charge on any atom is -0.353 e. The van der Waals surface area contributed by atoms with Crippen LogP contribution in [0.1, 0.15) is 51.4 Å². The first-order valence-corrected chi connectivity index (χ1v) is 6.77. The van der Waals surface area contributed by atoms with Crippen LogP contribution >= 0.6 is 0 Å². The zero-order valence-electron chi connectivity index (χ0n) is 10.6. The fraction of sp³-hybridized carbons (Fsp3) is 0.786. The SMILES string of the molecule is O=C/C=C/CCCCCCOC1CCCCO1. The summed E-state index contributed by atoms with van der Waals surface area (Å²) in [6.45, 7) is 1.67. The van der Waals surface area contributed by atoms with Gasteiger partial charge < -0.3 is 9.47 Å². The van der Waals surface area contributed by atoms with Gasteiger partial charge >= 0.3 is 0 Å². The van der Waals surface area contributed by atoms with E-state index in [1.54, 1.807) is 6.08 Å². The Bertz CT molecular complexity index is 208. The standard InChI is InChI=1S/C14H24O3/c15-11-7-4-2-1-3-5-8-12-16-14-10-6-9-13-17-14/h4,7,11,14H,1-3,5-6,8-10,12-13H2/b7-4+. The zero-order valence-corrected chi connectivity index (χ0v) is 10.6. The molecule has 1 unspecified atom stereocenters. The molecule has 1 rings (SSSR count). The molecule has 0 aromatic carbocycles. The number of hydrogen-bond donors (Lipinski definition) is 0. The molecular formula is C14H24O3. The second kappa shape index (κ2) is 10.5. The van der Waals surface area contributed by atoms with Crippen molar-refractivity contribution in [3.63, 3.8) is 0 Å². The third-order valence-electron chi connectivity index (χ3n) is 2.92. The molecule has 3 heteroatoms. The van der Waals surface area contributed by atoms with E-state index >= 15 is 0 Å². The first-order chi connectivity index (χ1) is 8.43. The molecule has 0 bridgehead atoms.